The van der Waals surface area contributed by atoms with E-state index in [1.54, 1.807) is 6.92 Å². The number of methoxy groups -OCH3 is 1. The maximum atomic E-state index is 11.9. The van der Waals surface area contributed by atoms with Crippen LogP contribution in [0, 0.1) is 20.8 Å². The Hall–Kier alpha value is -2.28. The van der Waals surface area contributed by atoms with Crippen LogP contribution in [0.1, 0.15) is 33.6 Å². The standard InChI is InChI=1S/C18H22N2O4S/c1-11-8-12(2)10-14(9-11)24-6-5-7-25-16-15(17(21)23-4)13(3)19-18(22)20-16/h8-10H,5-7H2,1-4H3,(H,19,20,22). The topological polar surface area (TPSA) is 81.3 Å². The molecule has 25 heavy (non-hydrogen) atoms. The molecule has 0 radical (unpaired) electrons. The largest absolute Gasteiger partial charge is 0.494 e. The maximum absolute atomic E-state index is 11.9. The van der Waals surface area contributed by atoms with Crippen molar-refractivity contribution < 1.29 is 14.3 Å². The van der Waals surface area contributed by atoms with E-state index in [9.17, 15) is 9.59 Å². The first-order chi connectivity index (χ1) is 11.9. The molecule has 134 valence electrons. The van der Waals surface area contributed by atoms with E-state index < -0.39 is 11.7 Å². The molecule has 1 N–H and O–H groups in total. The molecule has 0 aliphatic heterocycles. The second-order valence-corrected chi connectivity index (χ2v) is 6.80. The van der Waals surface area contributed by atoms with Gasteiger partial charge in [-0.3, -0.25) is 0 Å². The molecule has 2 rings (SSSR count). The van der Waals surface area contributed by atoms with Gasteiger partial charge in [-0.05, 0) is 50.5 Å². The second kappa shape index (κ2) is 8.71. The predicted molar refractivity (Wildman–Crippen MR) is 97.7 cm³/mol. The Labute approximate surface area is 151 Å². The van der Waals surface area contributed by atoms with E-state index in [2.05, 4.69) is 16.0 Å². The van der Waals surface area contributed by atoms with Crippen molar-refractivity contribution in [1.82, 2.24) is 9.97 Å². The van der Waals surface area contributed by atoms with Crippen molar-refractivity contribution in [2.24, 2.45) is 0 Å². The van der Waals surface area contributed by atoms with Crippen molar-refractivity contribution in [3.05, 3.63) is 51.1 Å². The van der Waals surface area contributed by atoms with Crippen LogP contribution in [0.3, 0.4) is 0 Å². The van der Waals surface area contributed by atoms with E-state index in [0.717, 1.165) is 23.3 Å². The van der Waals surface area contributed by atoms with Crippen LogP contribution < -0.4 is 10.4 Å². The van der Waals surface area contributed by atoms with Gasteiger partial charge in [0.05, 0.1) is 13.7 Å². The number of aryl methyl sites for hydroxylation is 3. The number of benzene rings is 1. The first kappa shape index (κ1) is 19.1. The lowest BCUT2D eigenvalue weighted by Gasteiger charge is -2.10. The van der Waals surface area contributed by atoms with Crippen LogP contribution in [-0.2, 0) is 4.74 Å². The molecule has 2 aromatic rings. The first-order valence-corrected chi connectivity index (χ1v) is 8.92. The highest BCUT2D eigenvalue weighted by Crippen LogP contribution is 2.22. The third kappa shape index (κ3) is 5.35. The van der Waals surface area contributed by atoms with Gasteiger partial charge in [-0.25, -0.2) is 9.59 Å². The van der Waals surface area contributed by atoms with Crippen molar-refractivity contribution in [2.75, 3.05) is 19.5 Å². The molecule has 6 nitrogen and oxygen atoms in total. The van der Waals surface area contributed by atoms with Crippen molar-refractivity contribution in [2.45, 2.75) is 32.2 Å². The van der Waals surface area contributed by atoms with Crippen LogP contribution in [-0.4, -0.2) is 35.4 Å². The van der Waals surface area contributed by atoms with Gasteiger partial charge in [0.2, 0.25) is 0 Å². The highest BCUT2D eigenvalue weighted by molar-refractivity contribution is 7.99. The van der Waals surface area contributed by atoms with Gasteiger partial charge in [0.15, 0.2) is 0 Å². The van der Waals surface area contributed by atoms with Gasteiger partial charge in [-0.1, -0.05) is 6.07 Å². The average molecular weight is 362 g/mol. The number of carbonyl (C=O) groups excluding carboxylic acids is 1. The van der Waals surface area contributed by atoms with Gasteiger partial charge < -0.3 is 14.5 Å². The van der Waals surface area contributed by atoms with Crippen LogP contribution in [0.15, 0.2) is 28.0 Å². The van der Waals surface area contributed by atoms with Crippen LogP contribution in [0.25, 0.3) is 0 Å². The summed E-state index contributed by atoms with van der Waals surface area (Å²) in [5, 5.41) is 0.388. The summed E-state index contributed by atoms with van der Waals surface area (Å²) in [7, 11) is 1.30. The number of thioether (sulfide) groups is 1. The molecule has 0 aliphatic rings. The van der Waals surface area contributed by atoms with Gasteiger partial charge >= 0.3 is 11.7 Å². The van der Waals surface area contributed by atoms with Gasteiger partial charge in [0, 0.05) is 11.4 Å². The molecule has 1 aromatic carbocycles. The molecule has 0 atom stereocenters. The number of nitrogens with zero attached hydrogens (tertiary/aromatic N) is 1. The Bertz CT molecular complexity index is 797. The zero-order chi connectivity index (χ0) is 18.4. The normalized spacial score (nSPS) is 10.6. The summed E-state index contributed by atoms with van der Waals surface area (Å²) < 4.78 is 10.5. The summed E-state index contributed by atoms with van der Waals surface area (Å²) in [6, 6.07) is 6.09. The van der Waals surface area contributed by atoms with Crippen molar-refractivity contribution in [1.29, 1.82) is 0 Å². The fraction of sp³-hybridized carbons (Fsp3) is 0.389. The molecule has 0 fully saturated rings. The fourth-order valence-corrected chi connectivity index (χ4v) is 3.42. The number of hydrogen-bond acceptors (Lipinski definition) is 6. The molecule has 0 saturated carbocycles. The van der Waals surface area contributed by atoms with Gasteiger partial charge in [0.1, 0.15) is 16.3 Å². The number of H-pyrrole nitrogens is 1. The molecule has 1 aromatic heterocycles. The minimum absolute atomic E-state index is 0.308. The fourth-order valence-electron chi connectivity index (χ4n) is 2.44. The van der Waals surface area contributed by atoms with Crippen LogP contribution in [0.2, 0.25) is 0 Å². The maximum Gasteiger partial charge on any atom is 0.346 e. The van der Waals surface area contributed by atoms with E-state index in [1.165, 1.54) is 18.9 Å². The van der Waals surface area contributed by atoms with E-state index in [-0.39, 0.29) is 0 Å². The smallest absolute Gasteiger partial charge is 0.346 e. The molecule has 7 heteroatoms. The monoisotopic (exact) mass is 362 g/mol. The SMILES string of the molecule is COC(=O)c1c(SCCCOc2cc(C)cc(C)c2)nc(=O)[nH]c1C. The van der Waals surface area contributed by atoms with Crippen LogP contribution in [0.5, 0.6) is 5.75 Å². The number of nitrogens with one attached hydrogen (secondary N) is 1. The molecule has 0 aliphatic carbocycles. The number of aromatic nitrogens is 2. The number of aromatic amines is 1. The minimum atomic E-state index is -0.504. The second-order valence-electron chi connectivity index (χ2n) is 5.71. The van der Waals surface area contributed by atoms with Crippen LogP contribution >= 0.6 is 11.8 Å². The molecule has 0 amide bonds. The lowest BCUT2D eigenvalue weighted by molar-refractivity contribution is 0.0594. The molecule has 0 unspecified atom stereocenters. The number of ether oxygens (including phenoxy) is 2. The molecular formula is C18H22N2O4S. The minimum Gasteiger partial charge on any atom is -0.494 e. The Kier molecular flexibility index (Phi) is 6.64. The van der Waals surface area contributed by atoms with Crippen molar-refractivity contribution in [3.63, 3.8) is 0 Å². The molecule has 0 saturated heterocycles. The van der Waals surface area contributed by atoms with Gasteiger partial charge in [-0.2, -0.15) is 4.98 Å². The summed E-state index contributed by atoms with van der Waals surface area (Å²) in [6.07, 6.45) is 0.756. The molecular weight excluding hydrogens is 340 g/mol. The summed E-state index contributed by atoms with van der Waals surface area (Å²) >= 11 is 1.35. The Balaban J connectivity index is 1.93. The van der Waals surface area contributed by atoms with Gasteiger partial charge in [-0.15, -0.1) is 11.8 Å². The third-order valence-corrected chi connectivity index (χ3v) is 4.53. The molecule has 1 heterocycles. The third-order valence-electron chi connectivity index (χ3n) is 3.47. The lowest BCUT2D eigenvalue weighted by atomic mass is 10.1. The molecule has 0 spiro atoms. The zero-order valence-corrected chi connectivity index (χ0v) is 15.7. The van der Waals surface area contributed by atoms with E-state index in [4.69, 9.17) is 9.47 Å². The Morgan fingerprint density at radius 3 is 2.52 bits per heavy atom. The van der Waals surface area contributed by atoms with Crippen LogP contribution in [0.4, 0.5) is 0 Å². The first-order valence-electron chi connectivity index (χ1n) is 7.94. The van der Waals surface area contributed by atoms with E-state index in [1.807, 2.05) is 26.0 Å². The Morgan fingerprint density at radius 2 is 1.88 bits per heavy atom. The number of hydrogen-bond donors (Lipinski definition) is 1. The summed E-state index contributed by atoms with van der Waals surface area (Å²) in [6.45, 7) is 6.27. The summed E-state index contributed by atoms with van der Waals surface area (Å²) in [5.41, 5.74) is 2.62. The zero-order valence-electron chi connectivity index (χ0n) is 14.8. The molecule has 0 bridgehead atoms. The lowest BCUT2D eigenvalue weighted by Crippen LogP contribution is -2.19. The number of carbonyl (C=O) groups is 1. The summed E-state index contributed by atoms with van der Waals surface area (Å²) in [4.78, 5) is 29.9. The Morgan fingerprint density at radius 1 is 1.20 bits per heavy atom. The quantitative estimate of drug-likeness (QED) is 0.353. The van der Waals surface area contributed by atoms with E-state index >= 15 is 0 Å². The van der Waals surface area contributed by atoms with Crippen molar-refractivity contribution in [3.8, 4) is 5.75 Å². The average Bonchev–Trinajstić information content (AvgIpc) is 2.52. The van der Waals surface area contributed by atoms with Crippen molar-refractivity contribution >= 4 is 17.7 Å². The highest BCUT2D eigenvalue weighted by atomic mass is 32.2. The van der Waals surface area contributed by atoms with E-state index in [0.29, 0.717) is 28.6 Å². The van der Waals surface area contributed by atoms with Gasteiger partial charge in [0.25, 0.3) is 0 Å². The number of esters is 1. The summed E-state index contributed by atoms with van der Waals surface area (Å²) in [5.74, 6) is 1.02. The highest BCUT2D eigenvalue weighted by Gasteiger charge is 2.18. The number of rotatable bonds is 7. The predicted octanol–water partition coefficient (Wildman–Crippen LogP) is 3.04.